The average Bonchev–Trinajstić information content (AvgIpc) is 3.40. The van der Waals surface area contributed by atoms with Crippen LogP contribution in [0.2, 0.25) is 20.1 Å². The topological polar surface area (TPSA) is 160 Å². The van der Waals surface area contributed by atoms with Gasteiger partial charge < -0.3 is 20.8 Å². The molecule has 1 heterocycles. The summed E-state index contributed by atoms with van der Waals surface area (Å²) >= 11 is 25.9. The van der Waals surface area contributed by atoms with Crippen LogP contribution < -0.4 is 16.1 Å². The number of aromatic carboxylic acids is 2. The first kappa shape index (κ1) is 32.6. The number of carboxylic acid groups (broad SMARTS) is 2. The lowest BCUT2D eigenvalue weighted by Crippen LogP contribution is -2.27. The van der Waals surface area contributed by atoms with Crippen LogP contribution in [0.4, 0.5) is 17.1 Å². The van der Waals surface area contributed by atoms with Crippen molar-refractivity contribution in [3.63, 3.8) is 0 Å². The van der Waals surface area contributed by atoms with Crippen molar-refractivity contribution in [3.8, 4) is 11.1 Å². The number of hydrazine groups is 1. The number of carboxylic acids is 2. The van der Waals surface area contributed by atoms with Gasteiger partial charge in [-0.05, 0) is 66.2 Å². The summed E-state index contributed by atoms with van der Waals surface area (Å²) in [4.78, 5) is 48.4. The normalized spacial score (nSPS) is 12.3. The molecule has 0 fully saturated rings. The first-order chi connectivity index (χ1) is 21.9. The molecule has 11 nitrogen and oxygen atoms in total. The summed E-state index contributed by atoms with van der Waals surface area (Å²) in [6, 6.07) is 16.1. The van der Waals surface area contributed by atoms with E-state index in [0.29, 0.717) is 38.1 Å². The zero-order chi connectivity index (χ0) is 33.1. The Kier molecular flexibility index (Phi) is 9.68. The maximum Gasteiger partial charge on any atom is 0.337 e. The molecule has 0 unspecified atom stereocenters. The van der Waals surface area contributed by atoms with Gasteiger partial charge in [-0.1, -0.05) is 52.5 Å². The number of anilines is 3. The van der Waals surface area contributed by atoms with Crippen LogP contribution in [-0.4, -0.2) is 45.3 Å². The highest BCUT2D eigenvalue weighted by Gasteiger charge is 2.23. The smallest absolute Gasteiger partial charge is 0.337 e. The van der Waals surface area contributed by atoms with E-state index >= 15 is 0 Å². The standard InChI is InChI=1S/C31H21Cl4N5O6/c32-18-12-21(34)27(22(35)13-18)28-24(2-1-3-25(28)39-40-26(41)8-9-37-40)36-14-17-10-15(4-6-20(17)33)29(42)38-23-7-5-16(30(43)44)11-19(23)31(45)46/h1-7,9-13,36,39H,8,14H2,(H,38,42)(H,43,44)(H,45,46). The number of nitrogens with one attached hydrogen (secondary N) is 3. The molecule has 5 N–H and O–H groups in total. The van der Waals surface area contributed by atoms with Crippen molar-refractivity contribution < 1.29 is 29.4 Å². The minimum atomic E-state index is -1.41. The molecule has 0 saturated heterocycles. The van der Waals surface area contributed by atoms with Crippen molar-refractivity contribution in [3.05, 3.63) is 109 Å². The fourth-order valence-electron chi connectivity index (χ4n) is 4.60. The van der Waals surface area contributed by atoms with Gasteiger partial charge in [0.2, 0.25) is 0 Å². The van der Waals surface area contributed by atoms with E-state index in [4.69, 9.17) is 46.4 Å². The molecular formula is C31H21Cl4N5O6. The molecule has 234 valence electrons. The van der Waals surface area contributed by atoms with Gasteiger partial charge in [0.05, 0.1) is 39.0 Å². The Morgan fingerprint density at radius 1 is 0.783 bits per heavy atom. The Morgan fingerprint density at radius 2 is 1.48 bits per heavy atom. The third kappa shape index (κ3) is 7.03. The molecule has 5 rings (SSSR count). The minimum absolute atomic E-state index is 0.0800. The van der Waals surface area contributed by atoms with Crippen LogP contribution in [0, 0.1) is 0 Å². The van der Waals surface area contributed by atoms with Crippen LogP contribution in [0.1, 0.15) is 43.1 Å². The van der Waals surface area contributed by atoms with Gasteiger partial charge in [0.25, 0.3) is 11.8 Å². The van der Waals surface area contributed by atoms with E-state index < -0.39 is 17.8 Å². The lowest BCUT2D eigenvalue weighted by Gasteiger charge is -2.22. The van der Waals surface area contributed by atoms with Gasteiger partial charge in [-0.3, -0.25) is 15.0 Å². The number of halogens is 4. The molecular weight excluding hydrogens is 680 g/mol. The van der Waals surface area contributed by atoms with E-state index in [9.17, 15) is 29.4 Å². The second-order valence-corrected chi connectivity index (χ2v) is 11.4. The van der Waals surface area contributed by atoms with Gasteiger partial charge in [0.15, 0.2) is 0 Å². The van der Waals surface area contributed by atoms with Crippen molar-refractivity contribution in [1.82, 2.24) is 5.12 Å². The maximum absolute atomic E-state index is 13.1. The number of benzene rings is 4. The van der Waals surface area contributed by atoms with Gasteiger partial charge >= 0.3 is 11.9 Å². The van der Waals surface area contributed by atoms with E-state index in [1.165, 1.54) is 48.7 Å². The van der Waals surface area contributed by atoms with Crippen LogP contribution in [0.25, 0.3) is 11.1 Å². The third-order valence-electron chi connectivity index (χ3n) is 6.77. The lowest BCUT2D eigenvalue weighted by atomic mass is 10.0. The SMILES string of the molecule is O=C(O)c1ccc(NC(=O)c2ccc(Cl)c(CNc3cccc(NN4N=CCC4=O)c3-c3c(Cl)cc(Cl)cc3Cl)c2)c(C(=O)O)c1. The van der Waals surface area contributed by atoms with Gasteiger partial charge in [-0.15, -0.1) is 5.12 Å². The maximum atomic E-state index is 13.1. The Morgan fingerprint density at radius 3 is 2.13 bits per heavy atom. The molecule has 4 aromatic rings. The number of carbonyl (C=O) groups is 4. The first-order valence-electron chi connectivity index (χ1n) is 13.3. The van der Waals surface area contributed by atoms with Crippen LogP contribution in [-0.2, 0) is 11.3 Å². The molecule has 1 aliphatic heterocycles. The molecule has 4 aromatic carbocycles. The molecule has 1 aliphatic rings. The average molecular weight is 701 g/mol. The van der Waals surface area contributed by atoms with E-state index in [1.807, 2.05) is 0 Å². The summed E-state index contributed by atoms with van der Waals surface area (Å²) in [5, 5.41) is 30.9. The lowest BCUT2D eigenvalue weighted by molar-refractivity contribution is -0.127. The number of hydrogen-bond donors (Lipinski definition) is 5. The number of amides is 2. The highest BCUT2D eigenvalue weighted by atomic mass is 35.5. The minimum Gasteiger partial charge on any atom is -0.478 e. The second kappa shape index (κ2) is 13.7. The Labute approximate surface area is 281 Å². The summed E-state index contributed by atoms with van der Waals surface area (Å²) in [5.41, 5.74) is 4.85. The Bertz CT molecular complexity index is 1930. The van der Waals surface area contributed by atoms with Crippen LogP contribution in [0.5, 0.6) is 0 Å². The number of hydrogen-bond acceptors (Lipinski definition) is 7. The summed E-state index contributed by atoms with van der Waals surface area (Å²) in [6.45, 7) is 0.105. The van der Waals surface area contributed by atoms with Crippen molar-refractivity contribution in [2.75, 3.05) is 16.1 Å². The fourth-order valence-corrected chi connectivity index (χ4v) is 5.79. The molecule has 15 heteroatoms. The molecule has 0 aromatic heterocycles. The molecule has 46 heavy (non-hydrogen) atoms. The predicted molar refractivity (Wildman–Crippen MR) is 178 cm³/mol. The fraction of sp³-hybridized carbons (Fsp3) is 0.0645. The number of carbonyl (C=O) groups excluding carboxylic acids is 2. The Balaban J connectivity index is 1.45. The van der Waals surface area contributed by atoms with Crippen LogP contribution >= 0.6 is 46.4 Å². The van der Waals surface area contributed by atoms with Gasteiger partial charge in [-0.2, -0.15) is 5.10 Å². The summed E-state index contributed by atoms with van der Waals surface area (Å²) in [6.07, 6.45) is 1.61. The van der Waals surface area contributed by atoms with Gasteiger partial charge in [0.1, 0.15) is 0 Å². The van der Waals surface area contributed by atoms with Crippen molar-refractivity contribution >= 4 is 93.4 Å². The molecule has 0 radical (unpaired) electrons. The number of hydrazone groups is 1. The quantitative estimate of drug-likeness (QED) is 0.112. The summed E-state index contributed by atoms with van der Waals surface area (Å²) in [5.74, 6) is -3.63. The second-order valence-electron chi connectivity index (χ2n) is 9.78. The van der Waals surface area contributed by atoms with Crippen molar-refractivity contribution in [2.24, 2.45) is 5.10 Å². The van der Waals surface area contributed by atoms with E-state index in [1.54, 1.807) is 18.2 Å². The summed E-state index contributed by atoms with van der Waals surface area (Å²) < 4.78 is 0. The first-order valence-corrected chi connectivity index (χ1v) is 14.8. The highest BCUT2D eigenvalue weighted by Crippen LogP contribution is 2.45. The van der Waals surface area contributed by atoms with E-state index in [0.717, 1.165) is 11.2 Å². The van der Waals surface area contributed by atoms with Crippen LogP contribution in [0.15, 0.2) is 71.8 Å². The monoisotopic (exact) mass is 699 g/mol. The largest absolute Gasteiger partial charge is 0.478 e. The van der Waals surface area contributed by atoms with Crippen molar-refractivity contribution in [1.29, 1.82) is 0 Å². The van der Waals surface area contributed by atoms with Gasteiger partial charge in [-0.25, -0.2) is 9.59 Å². The van der Waals surface area contributed by atoms with E-state index in [2.05, 4.69) is 21.2 Å². The molecule has 0 saturated carbocycles. The molecule has 0 atom stereocenters. The van der Waals surface area contributed by atoms with Crippen molar-refractivity contribution in [2.45, 2.75) is 13.0 Å². The highest BCUT2D eigenvalue weighted by molar-refractivity contribution is 6.42. The molecule has 0 spiro atoms. The Hall–Kier alpha value is -4.81. The molecule has 0 aliphatic carbocycles. The van der Waals surface area contributed by atoms with E-state index in [-0.39, 0.29) is 51.3 Å². The molecule has 0 bridgehead atoms. The number of rotatable bonds is 10. The molecule has 2 amide bonds. The summed E-state index contributed by atoms with van der Waals surface area (Å²) in [7, 11) is 0. The zero-order valence-electron chi connectivity index (χ0n) is 23.3. The number of nitrogens with zero attached hydrogens (tertiary/aromatic N) is 2. The third-order valence-corrected chi connectivity index (χ3v) is 7.95. The van der Waals surface area contributed by atoms with Crippen LogP contribution in [0.3, 0.4) is 0 Å². The zero-order valence-corrected chi connectivity index (χ0v) is 26.3. The predicted octanol–water partition coefficient (Wildman–Crippen LogP) is 7.77. The van der Waals surface area contributed by atoms with Gasteiger partial charge in [0, 0.05) is 45.2 Å².